The lowest BCUT2D eigenvalue weighted by Gasteiger charge is -2.47. The topological polar surface area (TPSA) is 40.5 Å². The van der Waals surface area contributed by atoms with Gasteiger partial charge in [-0.25, -0.2) is 0 Å². The Kier molecular flexibility index (Phi) is 2.77. The van der Waals surface area contributed by atoms with E-state index in [9.17, 15) is 9.90 Å². The van der Waals surface area contributed by atoms with Crippen LogP contribution >= 0.6 is 0 Å². The fraction of sp³-hybridized carbons (Fsp3) is 0.533. The number of nitrogens with zero attached hydrogens (tertiary/aromatic N) is 1. The molecule has 0 amide bonds. The van der Waals surface area contributed by atoms with Crippen molar-refractivity contribution in [3.05, 3.63) is 29.8 Å². The first-order valence-electron chi connectivity index (χ1n) is 6.74. The Morgan fingerprint density at radius 2 is 2.11 bits per heavy atom. The van der Waals surface area contributed by atoms with Crippen LogP contribution in [0, 0.1) is 11.8 Å². The van der Waals surface area contributed by atoms with E-state index in [2.05, 4.69) is 36.1 Å². The van der Waals surface area contributed by atoms with E-state index in [1.54, 1.807) is 0 Å². The van der Waals surface area contributed by atoms with E-state index in [1.807, 2.05) is 0 Å². The van der Waals surface area contributed by atoms with Crippen molar-refractivity contribution in [1.82, 2.24) is 0 Å². The van der Waals surface area contributed by atoms with Gasteiger partial charge in [0.1, 0.15) is 0 Å². The van der Waals surface area contributed by atoms with E-state index < -0.39 is 5.97 Å². The molecule has 0 bridgehead atoms. The van der Waals surface area contributed by atoms with Gasteiger partial charge in [0.15, 0.2) is 0 Å². The van der Waals surface area contributed by atoms with Gasteiger partial charge in [-0.1, -0.05) is 25.1 Å². The second-order valence-electron chi connectivity index (χ2n) is 5.68. The first-order valence-corrected chi connectivity index (χ1v) is 6.74. The number of para-hydroxylation sites is 1. The van der Waals surface area contributed by atoms with Crippen LogP contribution in [0.2, 0.25) is 0 Å². The largest absolute Gasteiger partial charge is 0.481 e. The Morgan fingerprint density at radius 3 is 2.78 bits per heavy atom. The highest BCUT2D eigenvalue weighted by molar-refractivity contribution is 5.73. The number of carboxylic acid groups (broad SMARTS) is 1. The third kappa shape index (κ3) is 1.78. The Morgan fingerprint density at radius 1 is 1.33 bits per heavy atom. The van der Waals surface area contributed by atoms with Crippen LogP contribution in [0.25, 0.3) is 0 Å². The molecule has 0 spiro atoms. The number of hydrogen-bond donors (Lipinski definition) is 1. The average molecular weight is 245 g/mol. The monoisotopic (exact) mass is 245 g/mol. The SMILES string of the molecule is CC1Cc2ccccc2N(C2CCC2C(=O)O)C1. The molecule has 1 aromatic carbocycles. The van der Waals surface area contributed by atoms with Crippen LogP contribution in [-0.4, -0.2) is 23.7 Å². The van der Waals surface area contributed by atoms with Gasteiger partial charge in [0.05, 0.1) is 5.92 Å². The van der Waals surface area contributed by atoms with Crippen LogP contribution in [0.1, 0.15) is 25.3 Å². The molecule has 1 heterocycles. The first kappa shape index (κ1) is 11.6. The number of fused-ring (bicyclic) bond motifs is 1. The number of anilines is 1. The zero-order chi connectivity index (χ0) is 12.7. The fourth-order valence-corrected chi connectivity index (χ4v) is 3.30. The molecule has 3 atom stereocenters. The summed E-state index contributed by atoms with van der Waals surface area (Å²) in [5.41, 5.74) is 2.62. The molecule has 1 N–H and O–H groups in total. The van der Waals surface area contributed by atoms with E-state index in [-0.39, 0.29) is 12.0 Å². The van der Waals surface area contributed by atoms with Crippen molar-refractivity contribution in [1.29, 1.82) is 0 Å². The van der Waals surface area contributed by atoms with Gasteiger partial charge < -0.3 is 10.0 Å². The minimum absolute atomic E-state index is 0.177. The van der Waals surface area contributed by atoms with Crippen LogP contribution < -0.4 is 4.90 Å². The normalized spacial score (nSPS) is 30.5. The third-order valence-corrected chi connectivity index (χ3v) is 4.33. The molecule has 3 nitrogen and oxygen atoms in total. The maximum Gasteiger partial charge on any atom is 0.308 e. The Labute approximate surface area is 107 Å². The van der Waals surface area contributed by atoms with Gasteiger partial charge in [-0.2, -0.15) is 0 Å². The molecular weight excluding hydrogens is 226 g/mol. The number of benzene rings is 1. The molecular formula is C15H19NO2. The van der Waals surface area contributed by atoms with E-state index >= 15 is 0 Å². The minimum atomic E-state index is -0.637. The van der Waals surface area contributed by atoms with Crippen LogP contribution in [0.5, 0.6) is 0 Å². The van der Waals surface area contributed by atoms with Gasteiger partial charge >= 0.3 is 5.97 Å². The molecule has 18 heavy (non-hydrogen) atoms. The van der Waals surface area contributed by atoms with Gasteiger partial charge in [-0.3, -0.25) is 4.79 Å². The molecule has 1 fully saturated rings. The quantitative estimate of drug-likeness (QED) is 0.870. The molecule has 96 valence electrons. The highest BCUT2D eigenvalue weighted by atomic mass is 16.4. The van der Waals surface area contributed by atoms with Crippen molar-refractivity contribution >= 4 is 11.7 Å². The summed E-state index contributed by atoms with van der Waals surface area (Å²) in [6, 6.07) is 8.64. The second-order valence-corrected chi connectivity index (χ2v) is 5.68. The van der Waals surface area contributed by atoms with E-state index in [0.29, 0.717) is 5.92 Å². The smallest absolute Gasteiger partial charge is 0.308 e. The molecule has 0 saturated heterocycles. The highest BCUT2D eigenvalue weighted by Gasteiger charge is 2.42. The molecule has 3 unspecified atom stereocenters. The van der Waals surface area contributed by atoms with Crippen molar-refractivity contribution in [2.45, 2.75) is 32.2 Å². The molecule has 3 rings (SSSR count). The highest BCUT2D eigenvalue weighted by Crippen LogP contribution is 2.39. The molecule has 2 aliphatic rings. The van der Waals surface area contributed by atoms with Gasteiger partial charge in [0, 0.05) is 18.3 Å². The number of carboxylic acids is 1. The number of carbonyl (C=O) groups is 1. The van der Waals surface area contributed by atoms with Gasteiger partial charge in [-0.05, 0) is 36.8 Å². The maximum absolute atomic E-state index is 11.2. The molecule has 1 aromatic rings. The summed E-state index contributed by atoms with van der Waals surface area (Å²) >= 11 is 0. The molecule has 3 heteroatoms. The Hall–Kier alpha value is -1.51. The average Bonchev–Trinajstić information content (AvgIpc) is 2.26. The first-order chi connectivity index (χ1) is 8.66. The van der Waals surface area contributed by atoms with Crippen LogP contribution in [0.3, 0.4) is 0 Å². The summed E-state index contributed by atoms with van der Waals surface area (Å²) in [5, 5.41) is 9.22. The number of rotatable bonds is 2. The van der Waals surface area contributed by atoms with Crippen molar-refractivity contribution in [3.63, 3.8) is 0 Å². The van der Waals surface area contributed by atoms with Crippen LogP contribution in [0.15, 0.2) is 24.3 Å². The summed E-state index contributed by atoms with van der Waals surface area (Å²) in [5.74, 6) is -0.208. The zero-order valence-electron chi connectivity index (χ0n) is 10.7. The number of hydrogen-bond acceptors (Lipinski definition) is 2. The summed E-state index contributed by atoms with van der Waals surface area (Å²) in [7, 11) is 0. The molecule has 1 aliphatic carbocycles. The lowest BCUT2D eigenvalue weighted by molar-refractivity contribution is -0.145. The maximum atomic E-state index is 11.2. The van der Waals surface area contributed by atoms with Gasteiger partial charge in [0.25, 0.3) is 0 Å². The fourth-order valence-electron chi connectivity index (χ4n) is 3.30. The lowest BCUT2D eigenvalue weighted by atomic mass is 9.76. The van der Waals surface area contributed by atoms with Crippen LogP contribution in [-0.2, 0) is 11.2 Å². The van der Waals surface area contributed by atoms with Crippen molar-refractivity contribution < 1.29 is 9.90 Å². The summed E-state index contributed by atoms with van der Waals surface area (Å²) in [4.78, 5) is 13.5. The van der Waals surface area contributed by atoms with E-state index in [4.69, 9.17) is 0 Å². The van der Waals surface area contributed by atoms with Crippen LogP contribution in [0.4, 0.5) is 5.69 Å². The second kappa shape index (κ2) is 4.30. The Balaban J connectivity index is 1.91. The van der Waals surface area contributed by atoms with Crippen molar-refractivity contribution in [2.24, 2.45) is 11.8 Å². The van der Waals surface area contributed by atoms with E-state index in [0.717, 1.165) is 25.8 Å². The van der Waals surface area contributed by atoms with E-state index in [1.165, 1.54) is 11.3 Å². The summed E-state index contributed by atoms with van der Waals surface area (Å²) < 4.78 is 0. The molecule has 1 saturated carbocycles. The predicted molar refractivity (Wildman–Crippen MR) is 70.8 cm³/mol. The predicted octanol–water partition coefficient (Wildman–Crippen LogP) is 2.55. The Bertz CT molecular complexity index is 471. The minimum Gasteiger partial charge on any atom is -0.481 e. The molecule has 0 radical (unpaired) electrons. The molecule has 0 aromatic heterocycles. The standard InChI is InChI=1S/C15H19NO2/c1-10-8-11-4-2-3-5-13(11)16(9-10)14-7-6-12(14)15(17)18/h2-5,10,12,14H,6-9H2,1H3,(H,17,18). The summed E-state index contributed by atoms with van der Waals surface area (Å²) in [6.45, 7) is 3.24. The van der Waals surface area contributed by atoms with Gasteiger partial charge in [-0.15, -0.1) is 0 Å². The third-order valence-electron chi connectivity index (χ3n) is 4.33. The zero-order valence-corrected chi connectivity index (χ0v) is 10.7. The van der Waals surface area contributed by atoms with Crippen molar-refractivity contribution in [2.75, 3.05) is 11.4 Å². The lowest BCUT2D eigenvalue weighted by Crippen LogP contribution is -2.53. The van der Waals surface area contributed by atoms with Crippen molar-refractivity contribution in [3.8, 4) is 0 Å². The number of aliphatic carboxylic acids is 1. The molecule has 1 aliphatic heterocycles. The summed E-state index contributed by atoms with van der Waals surface area (Å²) in [6.07, 6.45) is 2.95. The van der Waals surface area contributed by atoms with Gasteiger partial charge in [0.2, 0.25) is 0 Å².